The molecule has 0 bridgehead atoms. The third-order valence-electron chi connectivity index (χ3n) is 3.88. The molecule has 0 saturated heterocycles. The fraction of sp³-hybridized carbons (Fsp3) is 0.263. The summed E-state index contributed by atoms with van der Waals surface area (Å²) in [5.74, 6) is -1.55. The van der Waals surface area contributed by atoms with Gasteiger partial charge in [-0.25, -0.2) is 0 Å². The Morgan fingerprint density at radius 3 is 2.26 bits per heavy atom. The van der Waals surface area contributed by atoms with Crippen LogP contribution in [0.2, 0.25) is 0 Å². The number of hydrogen-bond donors (Lipinski definition) is 2. The lowest BCUT2D eigenvalue weighted by molar-refractivity contribution is -0.385. The summed E-state index contributed by atoms with van der Waals surface area (Å²) in [5, 5.41) is 15.5. The summed E-state index contributed by atoms with van der Waals surface area (Å²) in [5.41, 5.74) is -0.697. The van der Waals surface area contributed by atoms with E-state index in [4.69, 9.17) is 9.47 Å². The predicted molar refractivity (Wildman–Crippen MR) is 104 cm³/mol. The van der Waals surface area contributed by atoms with E-state index in [1.807, 2.05) is 0 Å². The van der Waals surface area contributed by atoms with Crippen molar-refractivity contribution < 1.29 is 37.2 Å². The highest BCUT2D eigenvalue weighted by molar-refractivity contribution is 6.07. The Kier molecular flexibility index (Phi) is 7.40. The van der Waals surface area contributed by atoms with E-state index >= 15 is 0 Å². The SMILES string of the molecule is CCOc1cc([N+](=O)[O-])c(C(=O)Nc2ccc(C(=O)NCC(F)(F)F)cc2)cc1OC. The molecule has 166 valence electrons. The smallest absolute Gasteiger partial charge is 0.405 e. The zero-order valence-corrected chi connectivity index (χ0v) is 16.4. The summed E-state index contributed by atoms with van der Waals surface area (Å²) in [6.07, 6.45) is -4.54. The Morgan fingerprint density at radius 2 is 1.74 bits per heavy atom. The van der Waals surface area contributed by atoms with Crippen LogP contribution < -0.4 is 20.1 Å². The molecule has 0 atom stereocenters. The van der Waals surface area contributed by atoms with Gasteiger partial charge in [-0.1, -0.05) is 0 Å². The summed E-state index contributed by atoms with van der Waals surface area (Å²) < 4.78 is 46.9. The first-order chi connectivity index (χ1) is 14.6. The lowest BCUT2D eigenvalue weighted by Crippen LogP contribution is -2.33. The lowest BCUT2D eigenvalue weighted by atomic mass is 10.1. The van der Waals surface area contributed by atoms with Crippen molar-refractivity contribution >= 4 is 23.2 Å². The number of ether oxygens (including phenoxy) is 2. The van der Waals surface area contributed by atoms with Crippen molar-refractivity contribution in [2.45, 2.75) is 13.1 Å². The second kappa shape index (κ2) is 9.78. The van der Waals surface area contributed by atoms with Gasteiger partial charge in [0.15, 0.2) is 11.5 Å². The Hall–Kier alpha value is -3.83. The van der Waals surface area contributed by atoms with Gasteiger partial charge in [0.1, 0.15) is 12.1 Å². The topological polar surface area (TPSA) is 120 Å². The molecule has 9 nitrogen and oxygen atoms in total. The maximum Gasteiger partial charge on any atom is 0.405 e. The first kappa shape index (κ1) is 23.4. The van der Waals surface area contributed by atoms with Crippen LogP contribution in [0.25, 0.3) is 0 Å². The summed E-state index contributed by atoms with van der Waals surface area (Å²) in [6, 6.07) is 7.20. The largest absolute Gasteiger partial charge is 0.493 e. The average molecular weight is 441 g/mol. The second-order valence-corrected chi connectivity index (χ2v) is 6.04. The summed E-state index contributed by atoms with van der Waals surface area (Å²) in [6.45, 7) is 0.425. The third kappa shape index (κ3) is 6.32. The minimum Gasteiger partial charge on any atom is -0.493 e. The first-order valence-electron chi connectivity index (χ1n) is 8.81. The number of carbonyl (C=O) groups is 2. The molecule has 0 saturated carbocycles. The van der Waals surface area contributed by atoms with E-state index in [2.05, 4.69) is 5.32 Å². The van der Waals surface area contributed by atoms with Crippen LogP contribution in [-0.4, -0.2) is 43.2 Å². The van der Waals surface area contributed by atoms with Gasteiger partial charge >= 0.3 is 6.18 Å². The van der Waals surface area contributed by atoms with Crippen LogP contribution in [0.3, 0.4) is 0 Å². The van der Waals surface area contributed by atoms with Crippen molar-refractivity contribution in [1.82, 2.24) is 5.32 Å². The molecule has 2 aromatic rings. The third-order valence-corrected chi connectivity index (χ3v) is 3.88. The monoisotopic (exact) mass is 441 g/mol. The van der Waals surface area contributed by atoms with E-state index in [-0.39, 0.29) is 34.9 Å². The molecule has 0 heterocycles. The van der Waals surface area contributed by atoms with Gasteiger partial charge in [0, 0.05) is 17.3 Å². The highest BCUT2D eigenvalue weighted by Gasteiger charge is 2.28. The molecule has 2 N–H and O–H groups in total. The average Bonchev–Trinajstić information content (AvgIpc) is 2.71. The van der Waals surface area contributed by atoms with Crippen LogP contribution in [-0.2, 0) is 0 Å². The number of carbonyl (C=O) groups excluding carboxylic acids is 2. The molecule has 0 aromatic heterocycles. The number of nitrogens with zero attached hydrogens (tertiary/aromatic N) is 1. The second-order valence-electron chi connectivity index (χ2n) is 6.04. The Morgan fingerprint density at radius 1 is 1.10 bits per heavy atom. The van der Waals surface area contributed by atoms with Crippen LogP contribution in [0.5, 0.6) is 11.5 Å². The number of alkyl halides is 3. The molecule has 0 aliphatic rings. The number of nitro benzene ring substituents is 1. The van der Waals surface area contributed by atoms with Gasteiger partial charge < -0.3 is 20.1 Å². The van der Waals surface area contributed by atoms with Crippen molar-refractivity contribution in [1.29, 1.82) is 0 Å². The normalized spacial score (nSPS) is 10.9. The number of nitrogens with one attached hydrogen (secondary N) is 2. The lowest BCUT2D eigenvalue weighted by Gasteiger charge is -2.12. The quantitative estimate of drug-likeness (QED) is 0.478. The number of hydrogen-bond acceptors (Lipinski definition) is 6. The first-order valence-corrected chi connectivity index (χ1v) is 8.81. The molecule has 31 heavy (non-hydrogen) atoms. The van der Waals surface area contributed by atoms with Crippen LogP contribution in [0.4, 0.5) is 24.5 Å². The highest BCUT2D eigenvalue weighted by atomic mass is 19.4. The Bertz CT molecular complexity index is 977. The Balaban J connectivity index is 2.21. The highest BCUT2D eigenvalue weighted by Crippen LogP contribution is 2.35. The van der Waals surface area contributed by atoms with Gasteiger partial charge in [-0.15, -0.1) is 0 Å². The fourth-order valence-corrected chi connectivity index (χ4v) is 2.50. The number of benzene rings is 2. The zero-order chi connectivity index (χ0) is 23.2. The van der Waals surface area contributed by atoms with Crippen molar-refractivity contribution in [3.63, 3.8) is 0 Å². The van der Waals surface area contributed by atoms with E-state index in [0.717, 1.165) is 12.1 Å². The molecule has 2 amide bonds. The Labute approximate surface area is 174 Å². The van der Waals surface area contributed by atoms with E-state index < -0.39 is 35.1 Å². The molecular weight excluding hydrogens is 423 g/mol. The molecule has 0 fully saturated rings. The van der Waals surface area contributed by atoms with Gasteiger partial charge in [0.2, 0.25) is 0 Å². The summed E-state index contributed by atoms with van der Waals surface area (Å²) in [7, 11) is 1.31. The van der Waals surface area contributed by atoms with Gasteiger partial charge in [-0.05, 0) is 31.2 Å². The van der Waals surface area contributed by atoms with Gasteiger partial charge in [0.05, 0.1) is 24.7 Å². The maximum atomic E-state index is 12.6. The standard InChI is InChI=1S/C19H18F3N3O6/c1-3-31-16-9-14(25(28)29)13(8-15(16)30-2)18(27)24-12-6-4-11(5-7-12)17(26)23-10-19(20,21)22/h4-9H,3,10H2,1-2H3,(H,23,26)(H,24,27). The molecule has 12 heteroatoms. The summed E-state index contributed by atoms with van der Waals surface area (Å²) >= 11 is 0. The molecule has 2 rings (SSSR count). The number of methoxy groups -OCH3 is 1. The van der Waals surface area contributed by atoms with Crippen molar-refractivity contribution in [2.75, 3.05) is 25.6 Å². The van der Waals surface area contributed by atoms with Crippen LogP contribution in [0, 0.1) is 10.1 Å². The molecular formula is C19H18F3N3O6. The van der Waals surface area contributed by atoms with Crippen LogP contribution >= 0.6 is 0 Å². The van der Waals surface area contributed by atoms with Crippen molar-refractivity contribution in [3.05, 3.63) is 57.6 Å². The maximum absolute atomic E-state index is 12.6. The van der Waals surface area contributed by atoms with Crippen LogP contribution in [0.1, 0.15) is 27.6 Å². The number of rotatable bonds is 8. The zero-order valence-electron chi connectivity index (χ0n) is 16.4. The molecule has 0 aliphatic carbocycles. The predicted octanol–water partition coefficient (Wildman–Crippen LogP) is 3.55. The molecule has 0 spiro atoms. The van der Waals surface area contributed by atoms with E-state index in [0.29, 0.717) is 0 Å². The van der Waals surface area contributed by atoms with E-state index in [9.17, 15) is 32.9 Å². The van der Waals surface area contributed by atoms with Gasteiger partial charge in [0.25, 0.3) is 17.5 Å². The van der Waals surface area contributed by atoms with Crippen molar-refractivity contribution in [3.8, 4) is 11.5 Å². The van der Waals surface area contributed by atoms with E-state index in [1.54, 1.807) is 12.2 Å². The molecule has 0 aliphatic heterocycles. The van der Waals surface area contributed by atoms with E-state index in [1.165, 1.54) is 31.4 Å². The molecule has 2 aromatic carbocycles. The number of anilines is 1. The molecule has 0 unspecified atom stereocenters. The van der Waals surface area contributed by atoms with Crippen molar-refractivity contribution in [2.24, 2.45) is 0 Å². The number of halogens is 3. The molecule has 0 radical (unpaired) electrons. The minimum absolute atomic E-state index is 0.0593. The number of nitro groups is 1. The van der Waals surface area contributed by atoms with Gasteiger partial charge in [-0.3, -0.25) is 19.7 Å². The van der Waals surface area contributed by atoms with Gasteiger partial charge in [-0.2, -0.15) is 13.2 Å². The number of amides is 2. The fourth-order valence-electron chi connectivity index (χ4n) is 2.50. The minimum atomic E-state index is -4.54. The summed E-state index contributed by atoms with van der Waals surface area (Å²) in [4.78, 5) is 35.0. The van der Waals surface area contributed by atoms with Crippen LogP contribution in [0.15, 0.2) is 36.4 Å².